The standard InChI is InChI=1S/C15H13NO3S/c1-20(17,18)19-15-12-9-5-6-10-13(12)16-14(15)11-7-3-2-4-8-11/h2-10,16H,1H3. The molecule has 1 heterocycles. The Bertz CT molecular complexity index is 851. The highest BCUT2D eigenvalue weighted by atomic mass is 32.2. The summed E-state index contributed by atoms with van der Waals surface area (Å²) in [5.74, 6) is 0.342. The topological polar surface area (TPSA) is 59.2 Å². The minimum atomic E-state index is -3.59. The second kappa shape index (κ2) is 4.68. The Morgan fingerprint density at radius 1 is 0.950 bits per heavy atom. The van der Waals surface area contributed by atoms with Gasteiger partial charge in [-0.05, 0) is 12.1 Å². The largest absolute Gasteiger partial charge is 0.380 e. The summed E-state index contributed by atoms with van der Waals surface area (Å²) in [6, 6.07) is 17.0. The maximum absolute atomic E-state index is 11.5. The van der Waals surface area contributed by atoms with Crippen molar-refractivity contribution in [2.24, 2.45) is 0 Å². The van der Waals surface area contributed by atoms with Crippen LogP contribution < -0.4 is 4.18 Å². The molecule has 3 aromatic rings. The number of fused-ring (bicyclic) bond motifs is 1. The number of H-pyrrole nitrogens is 1. The number of hydrogen-bond acceptors (Lipinski definition) is 3. The number of benzene rings is 2. The Labute approximate surface area is 117 Å². The molecular formula is C15H13NO3S. The predicted molar refractivity (Wildman–Crippen MR) is 79.2 cm³/mol. The third-order valence-corrected chi connectivity index (χ3v) is 3.43. The zero-order chi connectivity index (χ0) is 14.2. The van der Waals surface area contributed by atoms with Gasteiger partial charge in [0.1, 0.15) is 0 Å². The lowest BCUT2D eigenvalue weighted by atomic mass is 10.1. The lowest BCUT2D eigenvalue weighted by Crippen LogP contribution is -2.06. The van der Waals surface area contributed by atoms with Gasteiger partial charge in [-0.15, -0.1) is 0 Å². The van der Waals surface area contributed by atoms with Gasteiger partial charge in [-0.25, -0.2) is 0 Å². The molecular weight excluding hydrogens is 274 g/mol. The molecule has 20 heavy (non-hydrogen) atoms. The summed E-state index contributed by atoms with van der Waals surface area (Å²) in [5, 5.41) is 0.747. The molecule has 2 aromatic carbocycles. The first kappa shape index (κ1) is 12.7. The van der Waals surface area contributed by atoms with Crippen LogP contribution in [0.15, 0.2) is 54.6 Å². The average Bonchev–Trinajstić information content (AvgIpc) is 2.77. The lowest BCUT2D eigenvalue weighted by molar-refractivity contribution is 0.496. The van der Waals surface area contributed by atoms with Gasteiger partial charge in [0.25, 0.3) is 0 Å². The van der Waals surface area contributed by atoms with E-state index < -0.39 is 10.1 Å². The van der Waals surface area contributed by atoms with Gasteiger partial charge >= 0.3 is 10.1 Å². The minimum absolute atomic E-state index is 0.342. The van der Waals surface area contributed by atoms with E-state index in [0.717, 1.165) is 22.7 Å². The fraction of sp³-hybridized carbons (Fsp3) is 0.0667. The number of aromatic nitrogens is 1. The quantitative estimate of drug-likeness (QED) is 0.753. The van der Waals surface area contributed by atoms with Gasteiger partial charge in [-0.1, -0.05) is 42.5 Å². The first-order valence-electron chi connectivity index (χ1n) is 6.10. The zero-order valence-corrected chi connectivity index (χ0v) is 11.6. The Morgan fingerprint density at radius 3 is 2.30 bits per heavy atom. The normalized spacial score (nSPS) is 11.7. The molecule has 1 aromatic heterocycles. The van der Waals surface area contributed by atoms with E-state index in [9.17, 15) is 8.42 Å². The molecule has 0 aliphatic carbocycles. The van der Waals surface area contributed by atoms with Crippen molar-refractivity contribution in [3.63, 3.8) is 0 Å². The maximum Gasteiger partial charge on any atom is 0.306 e. The molecule has 0 spiro atoms. The van der Waals surface area contributed by atoms with E-state index in [-0.39, 0.29) is 0 Å². The van der Waals surface area contributed by atoms with Crippen LogP contribution in [0.5, 0.6) is 5.75 Å². The van der Waals surface area contributed by atoms with E-state index in [2.05, 4.69) is 4.98 Å². The summed E-state index contributed by atoms with van der Waals surface area (Å²) in [4.78, 5) is 3.21. The summed E-state index contributed by atoms with van der Waals surface area (Å²) in [5.41, 5.74) is 2.38. The summed E-state index contributed by atoms with van der Waals surface area (Å²) in [7, 11) is -3.59. The Hall–Kier alpha value is -2.27. The van der Waals surface area contributed by atoms with Crippen LogP contribution in [-0.2, 0) is 10.1 Å². The maximum atomic E-state index is 11.5. The number of hydrogen-bond donors (Lipinski definition) is 1. The van der Waals surface area contributed by atoms with Gasteiger partial charge in [-0.3, -0.25) is 0 Å². The number of rotatable bonds is 3. The van der Waals surface area contributed by atoms with Crippen LogP contribution in [0.2, 0.25) is 0 Å². The first-order chi connectivity index (χ1) is 9.54. The van der Waals surface area contributed by atoms with Crippen molar-refractivity contribution in [1.82, 2.24) is 4.98 Å². The second-order valence-corrected chi connectivity index (χ2v) is 6.10. The van der Waals surface area contributed by atoms with Crippen LogP contribution in [0.1, 0.15) is 0 Å². The molecule has 0 amide bonds. The monoisotopic (exact) mass is 287 g/mol. The van der Waals surface area contributed by atoms with E-state index in [1.165, 1.54) is 0 Å². The molecule has 0 atom stereocenters. The highest BCUT2D eigenvalue weighted by Crippen LogP contribution is 2.37. The predicted octanol–water partition coefficient (Wildman–Crippen LogP) is 3.17. The summed E-state index contributed by atoms with van der Waals surface area (Å²) in [6.07, 6.45) is 1.05. The van der Waals surface area contributed by atoms with Gasteiger partial charge < -0.3 is 9.17 Å². The minimum Gasteiger partial charge on any atom is -0.380 e. The van der Waals surface area contributed by atoms with Crippen molar-refractivity contribution in [2.45, 2.75) is 0 Å². The van der Waals surface area contributed by atoms with Crippen molar-refractivity contribution in [3.8, 4) is 17.0 Å². The van der Waals surface area contributed by atoms with Crippen LogP contribution >= 0.6 is 0 Å². The van der Waals surface area contributed by atoms with E-state index in [1.54, 1.807) is 0 Å². The fourth-order valence-electron chi connectivity index (χ4n) is 2.16. The molecule has 1 N–H and O–H groups in total. The van der Waals surface area contributed by atoms with E-state index in [4.69, 9.17) is 4.18 Å². The molecule has 4 nitrogen and oxygen atoms in total. The lowest BCUT2D eigenvalue weighted by Gasteiger charge is -2.05. The number of para-hydroxylation sites is 1. The third kappa shape index (κ3) is 2.40. The fourth-order valence-corrected chi connectivity index (χ4v) is 2.64. The van der Waals surface area contributed by atoms with Crippen LogP contribution in [0, 0.1) is 0 Å². The van der Waals surface area contributed by atoms with Crippen LogP contribution in [0.3, 0.4) is 0 Å². The molecule has 0 radical (unpaired) electrons. The highest BCUT2D eigenvalue weighted by Gasteiger charge is 2.17. The second-order valence-electron chi connectivity index (χ2n) is 4.53. The Kier molecular flexibility index (Phi) is 2.99. The summed E-state index contributed by atoms with van der Waals surface area (Å²) in [6.45, 7) is 0. The molecule has 3 rings (SSSR count). The first-order valence-corrected chi connectivity index (χ1v) is 7.92. The van der Waals surface area contributed by atoms with E-state index in [1.807, 2.05) is 54.6 Å². The molecule has 0 saturated carbocycles. The van der Waals surface area contributed by atoms with Crippen molar-refractivity contribution in [3.05, 3.63) is 54.6 Å². The number of nitrogens with one attached hydrogen (secondary N) is 1. The van der Waals surface area contributed by atoms with Gasteiger partial charge in [0.15, 0.2) is 5.75 Å². The zero-order valence-electron chi connectivity index (χ0n) is 10.8. The number of aromatic amines is 1. The molecule has 0 aliphatic rings. The third-order valence-electron chi connectivity index (χ3n) is 2.96. The van der Waals surface area contributed by atoms with Gasteiger partial charge in [0, 0.05) is 16.5 Å². The smallest absolute Gasteiger partial charge is 0.306 e. The average molecular weight is 287 g/mol. The molecule has 0 aliphatic heterocycles. The van der Waals surface area contributed by atoms with Crippen LogP contribution in [0.25, 0.3) is 22.2 Å². The molecule has 0 fully saturated rings. The summed E-state index contributed by atoms with van der Waals surface area (Å²) < 4.78 is 28.2. The van der Waals surface area contributed by atoms with Gasteiger partial charge in [0.05, 0.1) is 11.9 Å². The van der Waals surface area contributed by atoms with Gasteiger partial charge in [-0.2, -0.15) is 8.42 Å². The van der Waals surface area contributed by atoms with Crippen LogP contribution in [0.4, 0.5) is 0 Å². The Morgan fingerprint density at radius 2 is 1.60 bits per heavy atom. The van der Waals surface area contributed by atoms with Crippen LogP contribution in [-0.4, -0.2) is 19.7 Å². The van der Waals surface area contributed by atoms with E-state index in [0.29, 0.717) is 11.4 Å². The highest BCUT2D eigenvalue weighted by molar-refractivity contribution is 7.86. The van der Waals surface area contributed by atoms with Crippen molar-refractivity contribution in [2.75, 3.05) is 6.26 Å². The molecule has 102 valence electrons. The molecule has 0 bridgehead atoms. The van der Waals surface area contributed by atoms with Gasteiger partial charge in [0.2, 0.25) is 0 Å². The Balaban J connectivity index is 2.28. The van der Waals surface area contributed by atoms with Crippen molar-refractivity contribution < 1.29 is 12.6 Å². The SMILES string of the molecule is CS(=O)(=O)Oc1c(-c2ccccc2)[nH]c2ccccc12. The summed E-state index contributed by atoms with van der Waals surface area (Å²) >= 11 is 0. The molecule has 5 heteroatoms. The molecule has 0 unspecified atom stereocenters. The van der Waals surface area contributed by atoms with Crippen molar-refractivity contribution >= 4 is 21.0 Å². The molecule has 0 saturated heterocycles. The van der Waals surface area contributed by atoms with Crippen molar-refractivity contribution in [1.29, 1.82) is 0 Å². The van der Waals surface area contributed by atoms with E-state index >= 15 is 0 Å².